The zero-order valence-electron chi connectivity index (χ0n) is 14.8. The Morgan fingerprint density at radius 3 is 2.81 bits per heavy atom. The fourth-order valence-electron chi connectivity index (χ4n) is 3.71. The molecule has 2 aromatic rings. The molecule has 0 radical (unpaired) electrons. The Balaban J connectivity index is 1.79. The van der Waals surface area contributed by atoms with Crippen molar-refractivity contribution in [1.82, 2.24) is 9.97 Å². The lowest BCUT2D eigenvalue weighted by atomic mass is 10.0. The number of pyridine rings is 1. The molecule has 0 bridgehead atoms. The maximum atomic E-state index is 13.7. The lowest BCUT2D eigenvalue weighted by Crippen LogP contribution is -2.43. The van der Waals surface area contributed by atoms with E-state index in [0.29, 0.717) is 42.1 Å². The number of hydrogen-bond donors (Lipinski definition) is 3. The Bertz CT molecular complexity index is 859. The van der Waals surface area contributed by atoms with E-state index < -0.39 is 11.7 Å². The van der Waals surface area contributed by atoms with Crippen LogP contribution in [-0.2, 0) is 11.0 Å². The Morgan fingerprint density at radius 2 is 2.15 bits per heavy atom. The van der Waals surface area contributed by atoms with Crippen LogP contribution in [-0.4, -0.2) is 35.0 Å². The third-order valence-corrected chi connectivity index (χ3v) is 5.20. The van der Waals surface area contributed by atoms with Crippen molar-refractivity contribution >= 4 is 28.3 Å². The van der Waals surface area contributed by atoms with Crippen LogP contribution in [0.15, 0.2) is 12.4 Å². The summed E-state index contributed by atoms with van der Waals surface area (Å²) >= 11 is 0. The number of carbonyl (C=O) groups is 1. The van der Waals surface area contributed by atoms with Gasteiger partial charge >= 0.3 is 6.18 Å². The van der Waals surface area contributed by atoms with Crippen LogP contribution < -0.4 is 16.0 Å². The number of aromatic nitrogens is 2. The molecule has 2 aromatic heterocycles. The van der Waals surface area contributed by atoms with E-state index in [9.17, 15) is 18.0 Å². The van der Waals surface area contributed by atoms with Crippen LogP contribution in [0.5, 0.6) is 0 Å². The average Bonchev–Trinajstić information content (AvgIpc) is 3.32. The summed E-state index contributed by atoms with van der Waals surface area (Å²) in [4.78, 5) is 20.7. The minimum Gasteiger partial charge on any atom is -0.369 e. The maximum absolute atomic E-state index is 13.7. The van der Waals surface area contributed by atoms with Crippen molar-refractivity contribution in [1.29, 1.82) is 0 Å². The normalized spacial score (nSPS) is 20.9. The van der Waals surface area contributed by atoms with Crippen LogP contribution in [0.1, 0.15) is 37.7 Å². The van der Waals surface area contributed by atoms with Crippen LogP contribution in [0, 0.1) is 5.92 Å². The zero-order valence-corrected chi connectivity index (χ0v) is 14.8. The first-order valence-corrected chi connectivity index (χ1v) is 9.20. The molecule has 1 saturated heterocycles. The topological polar surface area (TPSA) is 87.0 Å². The number of anilines is 2. The van der Waals surface area contributed by atoms with Gasteiger partial charge in [-0.15, -0.1) is 0 Å². The largest absolute Gasteiger partial charge is 0.419 e. The molecule has 1 saturated carbocycles. The van der Waals surface area contributed by atoms with Crippen LogP contribution in [0.4, 0.5) is 24.5 Å². The molecule has 4 rings (SSSR count). The molecule has 1 aliphatic heterocycles. The van der Waals surface area contributed by atoms with Crippen LogP contribution in [0.25, 0.3) is 11.0 Å². The number of rotatable bonds is 4. The predicted octanol–water partition coefficient (Wildman–Crippen LogP) is 3.25. The van der Waals surface area contributed by atoms with Gasteiger partial charge in [0.05, 0.1) is 22.3 Å². The van der Waals surface area contributed by atoms with Gasteiger partial charge in [-0.1, -0.05) is 0 Å². The SMILES string of the molecule is N[C@@H]1CCCN(c2c(C(F)(F)F)cnc3[nH]cc(NC(=O)CC4CC4)c23)C1. The van der Waals surface area contributed by atoms with E-state index in [4.69, 9.17) is 5.73 Å². The molecule has 9 heteroatoms. The number of amides is 1. The third-order valence-electron chi connectivity index (χ3n) is 5.20. The second kappa shape index (κ2) is 6.70. The van der Waals surface area contributed by atoms with Crippen molar-refractivity contribution in [3.05, 3.63) is 18.0 Å². The summed E-state index contributed by atoms with van der Waals surface area (Å²) in [7, 11) is 0. The van der Waals surface area contributed by atoms with Gasteiger partial charge in [0.1, 0.15) is 5.65 Å². The van der Waals surface area contributed by atoms with Crippen molar-refractivity contribution in [3.8, 4) is 0 Å². The highest BCUT2D eigenvalue weighted by atomic mass is 19.4. The minimum absolute atomic E-state index is 0.0469. The van der Waals surface area contributed by atoms with Gasteiger partial charge in [-0.3, -0.25) is 4.79 Å². The number of carbonyl (C=O) groups excluding carboxylic acids is 1. The number of aromatic amines is 1. The number of hydrogen-bond acceptors (Lipinski definition) is 4. The van der Waals surface area contributed by atoms with Crippen LogP contribution >= 0.6 is 0 Å². The number of alkyl halides is 3. The smallest absolute Gasteiger partial charge is 0.369 e. The Labute approximate surface area is 154 Å². The highest BCUT2D eigenvalue weighted by Gasteiger charge is 2.38. The fourth-order valence-corrected chi connectivity index (χ4v) is 3.71. The van der Waals surface area contributed by atoms with Gasteiger partial charge in [0.2, 0.25) is 5.91 Å². The van der Waals surface area contributed by atoms with Gasteiger partial charge in [-0.05, 0) is 31.6 Å². The quantitative estimate of drug-likeness (QED) is 0.759. The summed E-state index contributed by atoms with van der Waals surface area (Å²) < 4.78 is 41.1. The fraction of sp³-hybridized carbons (Fsp3) is 0.556. The van der Waals surface area contributed by atoms with E-state index in [2.05, 4.69) is 15.3 Å². The summed E-state index contributed by atoms with van der Waals surface area (Å²) in [6.45, 7) is 0.819. The molecule has 0 spiro atoms. The van der Waals surface area contributed by atoms with E-state index in [1.807, 2.05) is 0 Å². The predicted molar refractivity (Wildman–Crippen MR) is 96.5 cm³/mol. The van der Waals surface area contributed by atoms with E-state index in [1.54, 1.807) is 4.90 Å². The summed E-state index contributed by atoms with van der Waals surface area (Å²) in [5.74, 6) is 0.204. The molecule has 0 unspecified atom stereocenters. The van der Waals surface area contributed by atoms with E-state index in [1.165, 1.54) is 6.20 Å². The molecule has 1 atom stereocenters. The molecule has 2 aliphatic rings. The van der Waals surface area contributed by atoms with Crippen molar-refractivity contribution in [2.45, 2.75) is 44.3 Å². The number of nitrogens with two attached hydrogens (primary N) is 1. The molecule has 1 aliphatic carbocycles. The summed E-state index contributed by atoms with van der Waals surface area (Å²) in [6, 6.07) is -0.185. The van der Waals surface area contributed by atoms with Crippen LogP contribution in [0.2, 0.25) is 0 Å². The van der Waals surface area contributed by atoms with Gasteiger partial charge < -0.3 is 20.9 Å². The molecule has 27 heavy (non-hydrogen) atoms. The summed E-state index contributed by atoms with van der Waals surface area (Å²) in [5.41, 5.74) is 5.90. The molecule has 146 valence electrons. The van der Waals surface area contributed by atoms with Gasteiger partial charge in [-0.2, -0.15) is 13.2 Å². The number of nitrogens with one attached hydrogen (secondary N) is 2. The Hall–Kier alpha value is -2.29. The standard InChI is InChI=1S/C18H22F3N5O/c19-18(20,21)12-7-23-17-15(16(12)26-5-1-2-11(22)9-26)13(8-24-17)25-14(27)6-10-3-4-10/h7-8,10-11H,1-6,9,22H2,(H,23,24)(H,25,27)/t11-/m1/s1. The second-order valence-corrected chi connectivity index (χ2v) is 7.49. The van der Waals surface area contributed by atoms with Crippen molar-refractivity contribution in [2.75, 3.05) is 23.3 Å². The lowest BCUT2D eigenvalue weighted by molar-refractivity contribution is -0.137. The molecule has 4 N–H and O–H groups in total. The number of piperidine rings is 1. The third kappa shape index (κ3) is 3.73. The van der Waals surface area contributed by atoms with Crippen molar-refractivity contribution < 1.29 is 18.0 Å². The Kier molecular flexibility index (Phi) is 4.49. The molecule has 0 aromatic carbocycles. The number of halogens is 3. The Morgan fingerprint density at radius 1 is 1.37 bits per heavy atom. The molecule has 2 fully saturated rings. The van der Waals surface area contributed by atoms with E-state index in [-0.39, 0.29) is 17.6 Å². The van der Waals surface area contributed by atoms with E-state index >= 15 is 0 Å². The average molecular weight is 381 g/mol. The van der Waals surface area contributed by atoms with Crippen molar-refractivity contribution in [3.63, 3.8) is 0 Å². The first-order valence-electron chi connectivity index (χ1n) is 9.20. The first kappa shape index (κ1) is 18.1. The number of fused-ring (bicyclic) bond motifs is 1. The second-order valence-electron chi connectivity index (χ2n) is 7.49. The molecule has 3 heterocycles. The highest BCUT2D eigenvalue weighted by molar-refractivity contribution is 6.07. The van der Waals surface area contributed by atoms with Gasteiger partial charge in [0.15, 0.2) is 0 Å². The highest BCUT2D eigenvalue weighted by Crippen LogP contribution is 2.43. The molecule has 6 nitrogen and oxygen atoms in total. The summed E-state index contributed by atoms with van der Waals surface area (Å²) in [6.07, 6.45) is 1.75. The number of H-pyrrole nitrogens is 1. The summed E-state index contributed by atoms with van der Waals surface area (Å²) in [5, 5.41) is 3.06. The molecular formula is C18H22F3N5O. The zero-order chi connectivity index (χ0) is 19.2. The molecular weight excluding hydrogens is 359 g/mol. The van der Waals surface area contributed by atoms with Crippen molar-refractivity contribution in [2.24, 2.45) is 11.7 Å². The van der Waals surface area contributed by atoms with E-state index in [0.717, 1.165) is 31.9 Å². The van der Waals surface area contributed by atoms with Gasteiger partial charge in [-0.25, -0.2) is 4.98 Å². The molecule has 1 amide bonds. The first-order chi connectivity index (χ1) is 12.8. The van der Waals surface area contributed by atoms with Gasteiger partial charge in [0.25, 0.3) is 0 Å². The minimum atomic E-state index is -4.55. The number of nitrogens with zero attached hydrogens (tertiary/aromatic N) is 2. The van der Waals surface area contributed by atoms with Gasteiger partial charge in [0, 0.05) is 37.9 Å². The lowest BCUT2D eigenvalue weighted by Gasteiger charge is -2.34. The van der Waals surface area contributed by atoms with Crippen LogP contribution in [0.3, 0.4) is 0 Å². The monoisotopic (exact) mass is 381 g/mol. The maximum Gasteiger partial charge on any atom is 0.419 e.